The lowest BCUT2D eigenvalue weighted by Crippen LogP contribution is -2.44. The maximum absolute atomic E-state index is 13.3. The number of carbonyl (C=O) groups is 1. The van der Waals surface area contributed by atoms with Gasteiger partial charge in [-0.15, -0.1) is 0 Å². The Hall–Kier alpha value is -2.54. The average Bonchev–Trinajstić information content (AvgIpc) is 2.72. The maximum Gasteiger partial charge on any atom is 0.258 e. The molecule has 7 nitrogen and oxygen atoms in total. The van der Waals surface area contributed by atoms with E-state index in [9.17, 15) is 9.59 Å². The Morgan fingerprint density at radius 3 is 2.18 bits per heavy atom. The fourth-order valence-corrected chi connectivity index (χ4v) is 3.88. The fourth-order valence-electron chi connectivity index (χ4n) is 3.88. The van der Waals surface area contributed by atoms with Gasteiger partial charge in [-0.25, -0.2) is 0 Å². The topological polar surface area (TPSA) is 64.0 Å². The molecule has 1 saturated heterocycles. The van der Waals surface area contributed by atoms with Gasteiger partial charge in [-0.05, 0) is 46.0 Å². The van der Waals surface area contributed by atoms with Crippen LogP contribution >= 0.6 is 0 Å². The van der Waals surface area contributed by atoms with E-state index in [1.54, 1.807) is 30.0 Å². The van der Waals surface area contributed by atoms with Crippen LogP contribution in [-0.2, 0) is 6.54 Å². The van der Waals surface area contributed by atoms with Crippen LogP contribution in [0.15, 0.2) is 23.1 Å². The third kappa shape index (κ3) is 3.58. The monoisotopic (exact) mass is 387 g/mol. The first-order valence-corrected chi connectivity index (χ1v) is 9.66. The summed E-state index contributed by atoms with van der Waals surface area (Å²) in [6.45, 7) is 3.81. The van der Waals surface area contributed by atoms with E-state index in [1.807, 2.05) is 11.8 Å². The summed E-state index contributed by atoms with van der Waals surface area (Å²) in [5, 5.41) is 1.07. The second-order valence-corrected chi connectivity index (χ2v) is 7.37. The smallest absolute Gasteiger partial charge is 0.258 e. The minimum Gasteiger partial charge on any atom is -0.493 e. The van der Waals surface area contributed by atoms with Crippen molar-refractivity contribution < 1.29 is 14.3 Å². The van der Waals surface area contributed by atoms with Crippen molar-refractivity contribution >= 4 is 16.7 Å². The molecule has 0 bridgehead atoms. The van der Waals surface area contributed by atoms with Crippen molar-refractivity contribution in [3.8, 4) is 11.5 Å². The van der Waals surface area contributed by atoms with Crippen LogP contribution in [0.1, 0.15) is 30.1 Å². The highest BCUT2D eigenvalue weighted by Crippen LogP contribution is 2.33. The van der Waals surface area contributed by atoms with Crippen LogP contribution in [0.2, 0.25) is 0 Å². The molecule has 152 valence electrons. The van der Waals surface area contributed by atoms with Crippen LogP contribution < -0.4 is 15.0 Å². The van der Waals surface area contributed by atoms with E-state index in [2.05, 4.69) is 19.0 Å². The van der Waals surface area contributed by atoms with E-state index in [0.29, 0.717) is 53.5 Å². The predicted molar refractivity (Wildman–Crippen MR) is 110 cm³/mol. The lowest BCUT2D eigenvalue weighted by atomic mass is 10.0. The van der Waals surface area contributed by atoms with Gasteiger partial charge in [0.1, 0.15) is 0 Å². The normalized spacial score (nSPS) is 15.3. The minimum absolute atomic E-state index is 0.0448. The number of rotatable bonds is 5. The molecule has 28 heavy (non-hydrogen) atoms. The fraction of sp³-hybridized carbons (Fsp3) is 0.524. The molecule has 2 aromatic rings. The van der Waals surface area contributed by atoms with E-state index in [1.165, 1.54) is 7.11 Å². The Morgan fingerprint density at radius 1 is 1.11 bits per heavy atom. The Bertz CT molecular complexity index is 927. The highest BCUT2D eigenvalue weighted by atomic mass is 16.5. The lowest BCUT2D eigenvalue weighted by Gasteiger charge is -2.35. The first-order valence-electron chi connectivity index (χ1n) is 9.66. The number of methoxy groups -OCH3 is 2. The molecule has 0 unspecified atom stereocenters. The van der Waals surface area contributed by atoms with Crippen LogP contribution in [0.4, 0.5) is 0 Å². The minimum atomic E-state index is -0.138. The van der Waals surface area contributed by atoms with Gasteiger partial charge in [0, 0.05) is 37.3 Å². The third-order valence-corrected chi connectivity index (χ3v) is 5.64. The summed E-state index contributed by atoms with van der Waals surface area (Å²) < 4.78 is 12.3. The number of pyridine rings is 1. The summed E-state index contributed by atoms with van der Waals surface area (Å²) >= 11 is 0. The first kappa shape index (κ1) is 20.2. The third-order valence-electron chi connectivity index (χ3n) is 5.64. The van der Waals surface area contributed by atoms with Gasteiger partial charge in [0.25, 0.3) is 11.5 Å². The van der Waals surface area contributed by atoms with Gasteiger partial charge in [0.2, 0.25) is 0 Å². The predicted octanol–water partition coefficient (Wildman–Crippen LogP) is 2.20. The van der Waals surface area contributed by atoms with Gasteiger partial charge in [-0.1, -0.05) is 0 Å². The molecular weight excluding hydrogens is 358 g/mol. The number of hydrogen-bond donors (Lipinski definition) is 0. The quantitative estimate of drug-likeness (QED) is 0.787. The Morgan fingerprint density at radius 2 is 1.68 bits per heavy atom. The second-order valence-electron chi connectivity index (χ2n) is 7.37. The van der Waals surface area contributed by atoms with E-state index in [-0.39, 0.29) is 11.5 Å². The number of carbonyl (C=O) groups excluding carboxylic acids is 1. The van der Waals surface area contributed by atoms with E-state index in [0.717, 1.165) is 12.8 Å². The summed E-state index contributed by atoms with van der Waals surface area (Å²) in [7, 11) is 7.23. The average molecular weight is 387 g/mol. The maximum atomic E-state index is 13.3. The zero-order chi connectivity index (χ0) is 20.4. The summed E-state index contributed by atoms with van der Waals surface area (Å²) in [5.41, 5.74) is 0.391. The Balaban J connectivity index is 2.08. The molecule has 1 fully saturated rings. The molecule has 1 aliphatic rings. The van der Waals surface area contributed by atoms with Crippen molar-refractivity contribution in [2.24, 2.45) is 0 Å². The van der Waals surface area contributed by atoms with Gasteiger partial charge >= 0.3 is 0 Å². The van der Waals surface area contributed by atoms with Gasteiger partial charge < -0.3 is 23.8 Å². The number of piperidine rings is 1. The second kappa shape index (κ2) is 8.22. The molecule has 1 aromatic heterocycles. The van der Waals surface area contributed by atoms with Gasteiger partial charge in [-0.3, -0.25) is 9.59 Å². The molecule has 0 saturated carbocycles. The zero-order valence-electron chi connectivity index (χ0n) is 17.3. The highest BCUT2D eigenvalue weighted by molar-refractivity contribution is 6.07. The molecule has 0 aliphatic carbocycles. The molecular formula is C21H29N3O4. The summed E-state index contributed by atoms with van der Waals surface area (Å²) in [6, 6.07) is 3.89. The van der Waals surface area contributed by atoms with Crippen LogP contribution in [-0.4, -0.2) is 67.7 Å². The number of likely N-dealkylation sites (tertiary alicyclic amines) is 1. The molecule has 0 atom stereocenters. The van der Waals surface area contributed by atoms with Crippen molar-refractivity contribution in [3.05, 3.63) is 34.2 Å². The largest absolute Gasteiger partial charge is 0.493 e. The molecule has 0 radical (unpaired) electrons. The number of amides is 1. The van der Waals surface area contributed by atoms with Crippen molar-refractivity contribution in [3.63, 3.8) is 0 Å². The number of fused-ring (bicyclic) bond motifs is 1. The number of hydrogen-bond acceptors (Lipinski definition) is 5. The van der Waals surface area contributed by atoms with Crippen LogP contribution in [0.3, 0.4) is 0 Å². The number of aromatic nitrogens is 1. The number of benzene rings is 1. The molecule has 0 spiro atoms. The molecule has 1 amide bonds. The summed E-state index contributed by atoms with van der Waals surface area (Å²) in [4.78, 5) is 30.3. The molecule has 1 aromatic carbocycles. The van der Waals surface area contributed by atoms with Gasteiger partial charge in [0.15, 0.2) is 11.5 Å². The first-order chi connectivity index (χ1) is 13.4. The summed E-state index contributed by atoms with van der Waals surface area (Å²) in [6.07, 6.45) is 3.57. The molecule has 0 N–H and O–H groups in total. The van der Waals surface area contributed by atoms with Crippen LogP contribution in [0.5, 0.6) is 11.5 Å². The Kier molecular flexibility index (Phi) is 5.93. The number of aryl methyl sites for hydroxylation is 1. The van der Waals surface area contributed by atoms with E-state index in [4.69, 9.17) is 9.47 Å². The molecule has 2 heterocycles. The van der Waals surface area contributed by atoms with E-state index < -0.39 is 0 Å². The van der Waals surface area contributed by atoms with Crippen LogP contribution in [0, 0.1) is 0 Å². The SMILES string of the molecule is CCn1cc(C(=O)N2CCC(N(C)C)CC2)c2cc(OC)c(OC)cc2c1=O. The van der Waals surface area contributed by atoms with Crippen molar-refractivity contribution in [1.82, 2.24) is 14.4 Å². The van der Waals surface area contributed by atoms with Crippen molar-refractivity contribution in [2.75, 3.05) is 41.4 Å². The van der Waals surface area contributed by atoms with Gasteiger partial charge in [-0.2, -0.15) is 0 Å². The lowest BCUT2D eigenvalue weighted by molar-refractivity contribution is 0.0664. The van der Waals surface area contributed by atoms with E-state index >= 15 is 0 Å². The number of ether oxygens (including phenoxy) is 2. The van der Waals surface area contributed by atoms with Crippen molar-refractivity contribution in [2.45, 2.75) is 32.4 Å². The molecule has 7 heteroatoms. The molecule has 3 rings (SSSR count). The highest BCUT2D eigenvalue weighted by Gasteiger charge is 2.27. The standard InChI is InChI=1S/C21H29N3O4/c1-6-23-13-17(21(26)24-9-7-14(8-10-24)22(2)3)15-11-18(27-4)19(28-5)12-16(15)20(23)25/h11-14H,6-10H2,1-5H3. The summed E-state index contributed by atoms with van der Waals surface area (Å²) in [5.74, 6) is 0.937. The van der Waals surface area contributed by atoms with Crippen molar-refractivity contribution in [1.29, 1.82) is 0 Å². The molecule has 1 aliphatic heterocycles. The van der Waals surface area contributed by atoms with Gasteiger partial charge in [0.05, 0.1) is 25.2 Å². The zero-order valence-corrected chi connectivity index (χ0v) is 17.3. The number of nitrogens with zero attached hydrogens (tertiary/aromatic N) is 3. The Labute approximate surface area is 165 Å². The van der Waals surface area contributed by atoms with Crippen LogP contribution in [0.25, 0.3) is 10.8 Å².